The van der Waals surface area contributed by atoms with Crippen molar-refractivity contribution in [3.63, 3.8) is 0 Å². The van der Waals surface area contributed by atoms with E-state index in [2.05, 4.69) is 11.9 Å². The lowest BCUT2D eigenvalue weighted by Gasteiger charge is -2.06. The average Bonchev–Trinajstić information content (AvgIpc) is 2.14. The van der Waals surface area contributed by atoms with Crippen LogP contribution >= 0.6 is 0 Å². The lowest BCUT2D eigenvalue weighted by atomic mass is 10.1. The highest BCUT2D eigenvalue weighted by Gasteiger charge is 2.10. The molecule has 0 fully saturated rings. The third-order valence-electron chi connectivity index (χ3n) is 1.92. The molecule has 3 heteroatoms. The van der Waals surface area contributed by atoms with E-state index in [1.807, 2.05) is 0 Å². The molecule has 0 spiro atoms. The van der Waals surface area contributed by atoms with Gasteiger partial charge in [-0.2, -0.15) is 0 Å². The van der Waals surface area contributed by atoms with Gasteiger partial charge in [-0.1, -0.05) is 18.2 Å². The van der Waals surface area contributed by atoms with Crippen molar-refractivity contribution in [1.29, 1.82) is 0 Å². The molecule has 0 saturated carbocycles. The molecule has 0 unspecified atom stereocenters. The van der Waals surface area contributed by atoms with E-state index in [9.17, 15) is 9.18 Å². The number of amides is 1. The van der Waals surface area contributed by atoms with E-state index in [4.69, 9.17) is 0 Å². The predicted octanol–water partition coefficient (Wildman–Crippen LogP) is 2.44. The van der Waals surface area contributed by atoms with Crippen LogP contribution in [0.2, 0.25) is 0 Å². The monoisotopic (exact) mass is 207 g/mol. The van der Waals surface area contributed by atoms with E-state index in [0.29, 0.717) is 6.54 Å². The summed E-state index contributed by atoms with van der Waals surface area (Å²) in [5, 5.41) is 2.58. The zero-order chi connectivity index (χ0) is 11.4. The van der Waals surface area contributed by atoms with Gasteiger partial charge in [-0.25, -0.2) is 4.39 Å². The lowest BCUT2D eigenvalue weighted by molar-refractivity contribution is 0.0953. The molecular formula is C12H14FNO. The zero-order valence-electron chi connectivity index (χ0n) is 8.93. The lowest BCUT2D eigenvalue weighted by Crippen LogP contribution is -2.25. The predicted molar refractivity (Wildman–Crippen MR) is 58.3 cm³/mol. The Morgan fingerprint density at radius 3 is 2.73 bits per heavy atom. The number of hydrogen-bond donors (Lipinski definition) is 1. The van der Waals surface area contributed by atoms with Crippen molar-refractivity contribution >= 4 is 5.91 Å². The van der Waals surface area contributed by atoms with Crippen molar-refractivity contribution in [1.82, 2.24) is 5.32 Å². The van der Waals surface area contributed by atoms with Gasteiger partial charge in [-0.3, -0.25) is 4.79 Å². The van der Waals surface area contributed by atoms with Crippen molar-refractivity contribution in [2.24, 2.45) is 0 Å². The molecule has 0 atom stereocenters. The third kappa shape index (κ3) is 3.20. The SMILES string of the molecule is C=C(C)CNC(=O)c1ccc(C)cc1F. The van der Waals surface area contributed by atoms with Crippen molar-refractivity contribution < 1.29 is 9.18 Å². The molecular weight excluding hydrogens is 193 g/mol. The molecule has 1 aromatic rings. The first kappa shape index (κ1) is 11.4. The molecule has 80 valence electrons. The number of carbonyl (C=O) groups excluding carboxylic acids is 1. The van der Waals surface area contributed by atoms with Gasteiger partial charge in [0.15, 0.2) is 0 Å². The highest BCUT2D eigenvalue weighted by Crippen LogP contribution is 2.09. The van der Waals surface area contributed by atoms with Crippen LogP contribution in [0.15, 0.2) is 30.4 Å². The third-order valence-corrected chi connectivity index (χ3v) is 1.92. The topological polar surface area (TPSA) is 29.1 Å². The summed E-state index contributed by atoms with van der Waals surface area (Å²) in [5.74, 6) is -0.898. The summed E-state index contributed by atoms with van der Waals surface area (Å²) in [6.45, 7) is 7.59. The largest absolute Gasteiger partial charge is 0.348 e. The quantitative estimate of drug-likeness (QED) is 0.758. The van der Waals surface area contributed by atoms with Gasteiger partial charge in [0.25, 0.3) is 5.91 Å². The number of benzene rings is 1. The Hall–Kier alpha value is -1.64. The molecule has 15 heavy (non-hydrogen) atoms. The molecule has 1 N–H and O–H groups in total. The molecule has 0 aliphatic heterocycles. The van der Waals surface area contributed by atoms with E-state index in [1.54, 1.807) is 19.9 Å². The summed E-state index contributed by atoms with van der Waals surface area (Å²) in [4.78, 5) is 11.5. The van der Waals surface area contributed by atoms with Crippen LogP contribution in [0.5, 0.6) is 0 Å². The second-order valence-electron chi connectivity index (χ2n) is 3.62. The van der Waals surface area contributed by atoms with Crippen LogP contribution in [0.4, 0.5) is 4.39 Å². The fourth-order valence-corrected chi connectivity index (χ4v) is 1.13. The summed E-state index contributed by atoms with van der Waals surface area (Å²) in [7, 11) is 0. The summed E-state index contributed by atoms with van der Waals surface area (Å²) < 4.78 is 13.3. The van der Waals surface area contributed by atoms with Crippen LogP contribution in [-0.4, -0.2) is 12.5 Å². The van der Waals surface area contributed by atoms with Crippen molar-refractivity contribution in [2.75, 3.05) is 6.54 Å². The Morgan fingerprint density at radius 1 is 1.53 bits per heavy atom. The molecule has 0 aliphatic carbocycles. The Bertz CT molecular complexity index is 399. The summed E-state index contributed by atoms with van der Waals surface area (Å²) in [6.07, 6.45) is 0. The van der Waals surface area contributed by atoms with Gasteiger partial charge in [0, 0.05) is 6.54 Å². The maximum atomic E-state index is 13.3. The van der Waals surface area contributed by atoms with Crippen LogP contribution in [0.1, 0.15) is 22.8 Å². The molecule has 2 nitrogen and oxygen atoms in total. The minimum atomic E-state index is -0.491. The molecule has 0 saturated heterocycles. The molecule has 0 heterocycles. The fourth-order valence-electron chi connectivity index (χ4n) is 1.13. The second kappa shape index (κ2) is 4.73. The van der Waals surface area contributed by atoms with Gasteiger partial charge in [-0.05, 0) is 31.5 Å². The van der Waals surface area contributed by atoms with Crippen LogP contribution in [0.3, 0.4) is 0 Å². The first-order valence-electron chi connectivity index (χ1n) is 4.69. The van der Waals surface area contributed by atoms with E-state index in [1.165, 1.54) is 12.1 Å². The van der Waals surface area contributed by atoms with Crippen LogP contribution in [0, 0.1) is 12.7 Å². The number of halogens is 1. The standard InChI is InChI=1S/C12H14FNO/c1-8(2)7-14-12(15)10-5-4-9(3)6-11(10)13/h4-6H,1,7H2,2-3H3,(H,14,15). The van der Waals surface area contributed by atoms with E-state index in [0.717, 1.165) is 11.1 Å². The Balaban J connectivity index is 2.78. The number of hydrogen-bond acceptors (Lipinski definition) is 1. The van der Waals surface area contributed by atoms with Crippen LogP contribution in [-0.2, 0) is 0 Å². The van der Waals surface area contributed by atoms with Crippen molar-refractivity contribution in [3.05, 3.63) is 47.3 Å². The normalized spacial score (nSPS) is 9.80. The maximum Gasteiger partial charge on any atom is 0.254 e. The number of nitrogens with one attached hydrogen (secondary N) is 1. The second-order valence-corrected chi connectivity index (χ2v) is 3.62. The molecule has 1 aromatic carbocycles. The number of aryl methyl sites for hydroxylation is 1. The number of rotatable bonds is 3. The van der Waals surface area contributed by atoms with Crippen molar-refractivity contribution in [3.8, 4) is 0 Å². The first-order chi connectivity index (χ1) is 7.00. The minimum Gasteiger partial charge on any atom is -0.348 e. The highest BCUT2D eigenvalue weighted by atomic mass is 19.1. The molecule has 0 aliphatic rings. The van der Waals surface area contributed by atoms with E-state index < -0.39 is 11.7 Å². The smallest absolute Gasteiger partial charge is 0.254 e. The summed E-state index contributed by atoms with van der Waals surface area (Å²) >= 11 is 0. The minimum absolute atomic E-state index is 0.0712. The van der Waals surface area contributed by atoms with Gasteiger partial charge in [0.05, 0.1) is 5.56 Å². The zero-order valence-corrected chi connectivity index (χ0v) is 8.93. The Kier molecular flexibility index (Phi) is 3.61. The van der Waals surface area contributed by atoms with Gasteiger partial charge < -0.3 is 5.32 Å². The highest BCUT2D eigenvalue weighted by molar-refractivity contribution is 5.94. The van der Waals surface area contributed by atoms with E-state index in [-0.39, 0.29) is 5.56 Å². The molecule has 0 aromatic heterocycles. The van der Waals surface area contributed by atoms with Gasteiger partial charge in [0.2, 0.25) is 0 Å². The fraction of sp³-hybridized carbons (Fsp3) is 0.250. The van der Waals surface area contributed by atoms with Gasteiger partial charge in [-0.15, -0.1) is 0 Å². The van der Waals surface area contributed by atoms with Gasteiger partial charge >= 0.3 is 0 Å². The summed E-state index contributed by atoms with van der Waals surface area (Å²) in [5.41, 5.74) is 1.70. The molecule has 1 amide bonds. The maximum absolute atomic E-state index is 13.3. The summed E-state index contributed by atoms with van der Waals surface area (Å²) in [6, 6.07) is 4.53. The van der Waals surface area contributed by atoms with Crippen LogP contribution < -0.4 is 5.32 Å². The van der Waals surface area contributed by atoms with Crippen molar-refractivity contribution in [2.45, 2.75) is 13.8 Å². The van der Waals surface area contributed by atoms with Crippen LogP contribution in [0.25, 0.3) is 0 Å². The first-order valence-corrected chi connectivity index (χ1v) is 4.69. The van der Waals surface area contributed by atoms with E-state index >= 15 is 0 Å². The molecule has 0 bridgehead atoms. The number of carbonyl (C=O) groups is 1. The Morgan fingerprint density at radius 2 is 2.20 bits per heavy atom. The average molecular weight is 207 g/mol. The molecule has 1 rings (SSSR count). The Labute approximate surface area is 88.8 Å². The van der Waals surface area contributed by atoms with Gasteiger partial charge in [0.1, 0.15) is 5.82 Å². The molecule has 0 radical (unpaired) electrons.